The second-order valence-corrected chi connectivity index (χ2v) is 5.00. The molecule has 0 aromatic carbocycles. The Bertz CT molecular complexity index is 319. The van der Waals surface area contributed by atoms with Gasteiger partial charge in [-0.15, -0.1) is 12.4 Å². The monoisotopic (exact) mass is 516 g/mol. The standard InChI is InChI=1S/2C6H13NO5.ClH.Sn.2H/c2*8-2-6(3-9,4-10)7-1-5(11)12;;;;/h2*7-10H,1-4H2,(H,11,12);1H;;;. The molecule has 0 fully saturated rings. The van der Waals surface area contributed by atoms with Crippen LogP contribution in [0.5, 0.6) is 0 Å². The van der Waals surface area contributed by atoms with Gasteiger partial charge in [0.05, 0.1) is 63.8 Å². The molecule has 0 aliphatic heterocycles. The quantitative estimate of drug-likeness (QED) is 0.110. The van der Waals surface area contributed by atoms with Gasteiger partial charge in [-0.1, -0.05) is 0 Å². The van der Waals surface area contributed by atoms with Crippen LogP contribution < -0.4 is 10.6 Å². The Morgan fingerprint density at radius 2 is 0.808 bits per heavy atom. The second kappa shape index (κ2) is 18.1. The summed E-state index contributed by atoms with van der Waals surface area (Å²) in [6.07, 6.45) is 0. The van der Waals surface area contributed by atoms with E-state index in [1.54, 1.807) is 0 Å². The molecule has 0 aliphatic rings. The zero-order chi connectivity index (χ0) is 19.2. The summed E-state index contributed by atoms with van der Waals surface area (Å²) in [5.41, 5.74) is -2.61. The van der Waals surface area contributed by atoms with Crippen molar-refractivity contribution in [1.29, 1.82) is 0 Å². The molecular formula is C12H29ClN2O10Sn. The third-order valence-corrected chi connectivity index (χ3v) is 3.05. The van der Waals surface area contributed by atoms with E-state index in [0.29, 0.717) is 0 Å². The maximum absolute atomic E-state index is 10.1. The van der Waals surface area contributed by atoms with Crippen molar-refractivity contribution in [3.05, 3.63) is 0 Å². The van der Waals surface area contributed by atoms with E-state index in [2.05, 4.69) is 10.6 Å². The van der Waals surface area contributed by atoms with Crippen molar-refractivity contribution in [3.63, 3.8) is 0 Å². The average Bonchev–Trinajstić information content (AvgIpc) is 2.59. The minimum atomic E-state index is -1.31. The van der Waals surface area contributed by atoms with Crippen LogP contribution in [0.25, 0.3) is 0 Å². The zero-order valence-corrected chi connectivity index (χ0v) is 19.0. The van der Waals surface area contributed by atoms with Gasteiger partial charge in [-0.2, -0.15) is 0 Å². The molecule has 158 valence electrons. The van der Waals surface area contributed by atoms with E-state index in [0.717, 1.165) is 0 Å². The Hall–Kier alpha value is -0.291. The third-order valence-electron chi connectivity index (χ3n) is 3.05. The average molecular weight is 516 g/mol. The molecule has 0 unspecified atom stereocenters. The van der Waals surface area contributed by atoms with Crippen LogP contribution in [0.1, 0.15) is 0 Å². The van der Waals surface area contributed by atoms with Crippen LogP contribution in [-0.4, -0.2) is 141 Å². The number of hydrogen-bond acceptors (Lipinski definition) is 10. The number of aliphatic hydroxyl groups is 6. The van der Waals surface area contributed by atoms with Crippen LogP contribution in [0.4, 0.5) is 0 Å². The normalized spacial score (nSPS) is 10.7. The summed E-state index contributed by atoms with van der Waals surface area (Å²) in [5.74, 6) is -2.23. The molecule has 0 bridgehead atoms. The van der Waals surface area contributed by atoms with Crippen LogP contribution in [0.3, 0.4) is 0 Å². The Morgan fingerprint density at radius 3 is 0.923 bits per heavy atom. The van der Waals surface area contributed by atoms with Crippen LogP contribution in [0.15, 0.2) is 0 Å². The van der Waals surface area contributed by atoms with Gasteiger partial charge >= 0.3 is 35.8 Å². The molecule has 0 rings (SSSR count). The fourth-order valence-electron chi connectivity index (χ4n) is 1.16. The molecule has 26 heavy (non-hydrogen) atoms. The SMILES string of the molecule is Cl.O=C(O)CNC(CO)(CO)CO.O=C(O)CNC(CO)(CO)CO.[SnH2]. The number of aliphatic carboxylic acids is 2. The summed E-state index contributed by atoms with van der Waals surface area (Å²) in [7, 11) is 0. The molecule has 0 saturated heterocycles. The van der Waals surface area contributed by atoms with Crippen LogP contribution >= 0.6 is 12.4 Å². The van der Waals surface area contributed by atoms with E-state index in [4.69, 9.17) is 40.9 Å². The Kier molecular flexibility index (Phi) is 23.2. The van der Waals surface area contributed by atoms with Gasteiger partial charge in [0.2, 0.25) is 0 Å². The molecule has 0 aromatic rings. The number of aliphatic hydroxyl groups excluding tert-OH is 6. The van der Waals surface area contributed by atoms with Gasteiger partial charge in [-0.3, -0.25) is 20.2 Å². The van der Waals surface area contributed by atoms with Gasteiger partial charge in [0.25, 0.3) is 0 Å². The van der Waals surface area contributed by atoms with Gasteiger partial charge in [0.1, 0.15) is 0 Å². The molecule has 0 saturated carbocycles. The predicted molar refractivity (Wildman–Crippen MR) is 95.0 cm³/mol. The number of carbonyl (C=O) groups is 2. The van der Waals surface area contributed by atoms with Crippen LogP contribution in [-0.2, 0) is 9.59 Å². The molecule has 12 nitrogen and oxygen atoms in total. The summed E-state index contributed by atoms with van der Waals surface area (Å²) in [6, 6.07) is 0. The van der Waals surface area contributed by atoms with Crippen molar-refractivity contribution in [2.75, 3.05) is 52.7 Å². The Morgan fingerprint density at radius 1 is 0.615 bits per heavy atom. The number of carboxylic acid groups (broad SMARTS) is 2. The first-order chi connectivity index (χ1) is 11.2. The van der Waals surface area contributed by atoms with E-state index in [1.165, 1.54) is 0 Å². The third kappa shape index (κ3) is 13.9. The number of rotatable bonds is 12. The topological polar surface area (TPSA) is 220 Å². The fourth-order valence-corrected chi connectivity index (χ4v) is 1.16. The zero-order valence-electron chi connectivity index (χ0n) is 14.2. The Labute approximate surface area is 173 Å². The first-order valence-corrected chi connectivity index (χ1v) is 6.79. The van der Waals surface area contributed by atoms with Gasteiger partial charge in [0.15, 0.2) is 0 Å². The number of halogens is 1. The number of hydrogen-bond donors (Lipinski definition) is 10. The summed E-state index contributed by atoms with van der Waals surface area (Å²) in [4.78, 5) is 20.2. The van der Waals surface area contributed by atoms with E-state index in [1.807, 2.05) is 0 Å². The molecule has 10 N–H and O–H groups in total. The first kappa shape index (κ1) is 33.3. The van der Waals surface area contributed by atoms with E-state index in [-0.39, 0.29) is 36.3 Å². The predicted octanol–water partition coefficient (Wildman–Crippen LogP) is -5.74. The van der Waals surface area contributed by atoms with Crippen molar-refractivity contribution >= 4 is 48.3 Å². The van der Waals surface area contributed by atoms with Crippen molar-refractivity contribution in [3.8, 4) is 0 Å². The minimum absolute atomic E-state index is 0. The van der Waals surface area contributed by atoms with Crippen molar-refractivity contribution in [2.24, 2.45) is 0 Å². The van der Waals surface area contributed by atoms with Crippen LogP contribution in [0.2, 0.25) is 0 Å². The summed E-state index contributed by atoms with van der Waals surface area (Å²) < 4.78 is 0. The van der Waals surface area contributed by atoms with Gasteiger partial charge in [-0.05, 0) is 0 Å². The summed E-state index contributed by atoms with van der Waals surface area (Å²) in [6.45, 7) is -3.95. The van der Waals surface area contributed by atoms with Gasteiger partial charge in [0, 0.05) is 0 Å². The second-order valence-electron chi connectivity index (χ2n) is 5.00. The molecule has 0 aromatic heterocycles. The molecule has 0 aliphatic carbocycles. The van der Waals surface area contributed by atoms with Gasteiger partial charge < -0.3 is 40.9 Å². The fraction of sp³-hybridized carbons (Fsp3) is 0.833. The molecule has 2 radical (unpaired) electrons. The van der Waals surface area contributed by atoms with Crippen molar-refractivity contribution < 1.29 is 50.4 Å². The van der Waals surface area contributed by atoms with Crippen molar-refractivity contribution in [1.82, 2.24) is 10.6 Å². The molecule has 0 amide bonds. The summed E-state index contributed by atoms with van der Waals surface area (Å²) >= 11 is 0. The molecule has 0 atom stereocenters. The van der Waals surface area contributed by atoms with E-state index < -0.39 is 75.7 Å². The molecular weight excluding hydrogens is 486 g/mol. The van der Waals surface area contributed by atoms with Crippen molar-refractivity contribution in [2.45, 2.75) is 11.1 Å². The van der Waals surface area contributed by atoms with E-state index >= 15 is 0 Å². The van der Waals surface area contributed by atoms with Crippen LogP contribution in [0, 0.1) is 0 Å². The Balaban J connectivity index is -0.000000173. The number of carboxylic acids is 2. The molecule has 0 heterocycles. The van der Waals surface area contributed by atoms with E-state index in [9.17, 15) is 9.59 Å². The molecule has 14 heteroatoms. The molecule has 0 spiro atoms. The summed E-state index contributed by atoms with van der Waals surface area (Å²) in [5, 5.41) is 73.5. The first-order valence-electron chi connectivity index (χ1n) is 6.79. The van der Waals surface area contributed by atoms with Gasteiger partial charge in [-0.25, -0.2) is 0 Å². The maximum atomic E-state index is 10.1. The number of nitrogens with one attached hydrogen (secondary N) is 2.